The van der Waals surface area contributed by atoms with Crippen LogP contribution in [0.4, 0.5) is 11.5 Å². The Balaban J connectivity index is 1.43. The molecular weight excluding hydrogens is 358 g/mol. The molecule has 4 rings (SSSR count). The van der Waals surface area contributed by atoms with Gasteiger partial charge in [0.2, 0.25) is 11.8 Å². The van der Waals surface area contributed by atoms with Gasteiger partial charge in [0, 0.05) is 24.2 Å². The Bertz CT molecular complexity index is 1090. The monoisotopic (exact) mass is 377 g/mol. The van der Waals surface area contributed by atoms with Crippen LogP contribution in [0.1, 0.15) is 5.56 Å². The number of amides is 2. The third kappa shape index (κ3) is 3.85. The third-order valence-corrected chi connectivity index (χ3v) is 4.58. The molecule has 0 unspecified atom stereocenters. The van der Waals surface area contributed by atoms with Crippen LogP contribution in [0.15, 0.2) is 53.5 Å². The lowest BCUT2D eigenvalue weighted by atomic mass is 10.1. The summed E-state index contributed by atoms with van der Waals surface area (Å²) in [4.78, 5) is 45.0. The van der Waals surface area contributed by atoms with Crippen molar-refractivity contribution in [2.75, 3.05) is 29.9 Å². The quantitative estimate of drug-likeness (QED) is 0.630. The fourth-order valence-corrected chi connectivity index (χ4v) is 3.18. The molecule has 1 fully saturated rings. The number of hydrogen-bond donors (Lipinski definition) is 3. The number of nitrogens with one attached hydrogen (secondary N) is 3. The van der Waals surface area contributed by atoms with E-state index in [0.717, 1.165) is 10.9 Å². The molecule has 1 aliphatic rings. The maximum absolute atomic E-state index is 12.3. The van der Waals surface area contributed by atoms with Crippen molar-refractivity contribution in [3.05, 3.63) is 64.6 Å². The number of aromatic nitrogens is 2. The number of anilines is 2. The summed E-state index contributed by atoms with van der Waals surface area (Å²) in [6.07, 6.45) is 1.51. The summed E-state index contributed by atoms with van der Waals surface area (Å²) in [6, 6.07) is 12.7. The second-order valence-electron chi connectivity index (χ2n) is 6.61. The molecule has 2 aromatic heterocycles. The molecule has 0 aliphatic carbocycles. The summed E-state index contributed by atoms with van der Waals surface area (Å²) >= 11 is 0. The largest absolute Gasteiger partial charge is 0.353 e. The maximum Gasteiger partial charge on any atom is 0.252 e. The molecule has 0 bridgehead atoms. The predicted molar refractivity (Wildman–Crippen MR) is 106 cm³/mol. The van der Waals surface area contributed by atoms with E-state index in [0.29, 0.717) is 30.2 Å². The molecule has 0 atom stereocenters. The maximum atomic E-state index is 12.3. The van der Waals surface area contributed by atoms with Gasteiger partial charge in [0.1, 0.15) is 5.82 Å². The fourth-order valence-electron chi connectivity index (χ4n) is 3.18. The molecule has 8 heteroatoms. The molecule has 2 amide bonds. The SMILES string of the molecule is O=C1CN(c2ccc(NC(=O)Cc3cc4ccccc4[nH]c3=O)cn2)CCN1. The fraction of sp³-hybridized carbons (Fsp3) is 0.200. The molecule has 142 valence electrons. The molecule has 1 aliphatic heterocycles. The van der Waals surface area contributed by atoms with Crippen molar-refractivity contribution in [3.8, 4) is 0 Å². The van der Waals surface area contributed by atoms with E-state index in [4.69, 9.17) is 0 Å². The van der Waals surface area contributed by atoms with Crippen molar-refractivity contribution in [1.82, 2.24) is 15.3 Å². The smallest absolute Gasteiger partial charge is 0.252 e. The van der Waals surface area contributed by atoms with E-state index in [1.807, 2.05) is 29.2 Å². The molecule has 1 aromatic carbocycles. The van der Waals surface area contributed by atoms with Gasteiger partial charge in [-0.15, -0.1) is 0 Å². The number of para-hydroxylation sites is 1. The number of hydrogen-bond acceptors (Lipinski definition) is 5. The molecule has 0 radical (unpaired) electrons. The number of rotatable bonds is 4. The van der Waals surface area contributed by atoms with Gasteiger partial charge < -0.3 is 20.5 Å². The van der Waals surface area contributed by atoms with E-state index in [9.17, 15) is 14.4 Å². The number of carbonyl (C=O) groups is 2. The minimum atomic E-state index is -0.298. The first-order valence-corrected chi connectivity index (χ1v) is 8.97. The number of aromatic amines is 1. The number of fused-ring (bicyclic) bond motifs is 1. The van der Waals surface area contributed by atoms with E-state index in [1.54, 1.807) is 24.4 Å². The zero-order valence-corrected chi connectivity index (χ0v) is 15.1. The molecule has 0 saturated carbocycles. The number of benzene rings is 1. The molecular formula is C20H19N5O3. The van der Waals surface area contributed by atoms with E-state index < -0.39 is 0 Å². The van der Waals surface area contributed by atoms with Crippen LogP contribution in [0, 0.1) is 0 Å². The van der Waals surface area contributed by atoms with Gasteiger partial charge in [-0.3, -0.25) is 14.4 Å². The van der Waals surface area contributed by atoms with E-state index in [2.05, 4.69) is 20.6 Å². The first-order valence-electron chi connectivity index (χ1n) is 8.97. The summed E-state index contributed by atoms with van der Waals surface area (Å²) in [7, 11) is 0. The van der Waals surface area contributed by atoms with Crippen molar-refractivity contribution in [1.29, 1.82) is 0 Å². The molecule has 28 heavy (non-hydrogen) atoms. The first-order chi connectivity index (χ1) is 13.6. The summed E-state index contributed by atoms with van der Waals surface area (Å²) in [5.74, 6) is 0.345. The highest BCUT2D eigenvalue weighted by atomic mass is 16.2. The van der Waals surface area contributed by atoms with Gasteiger partial charge in [0.15, 0.2) is 0 Å². The molecule has 1 saturated heterocycles. The molecule has 3 N–H and O–H groups in total. The summed E-state index contributed by atoms with van der Waals surface area (Å²) in [5, 5.41) is 6.39. The Morgan fingerprint density at radius 1 is 1.18 bits per heavy atom. The van der Waals surface area contributed by atoms with Crippen molar-refractivity contribution in [2.24, 2.45) is 0 Å². The minimum absolute atomic E-state index is 0.0335. The standard InChI is InChI=1S/C20H19N5O3/c26-18(10-14-9-13-3-1-2-4-16(13)24-20(14)28)23-15-5-6-17(22-11-15)25-8-7-21-19(27)12-25/h1-6,9,11H,7-8,10,12H2,(H,21,27)(H,23,26)(H,24,28). The van der Waals surface area contributed by atoms with Crippen LogP contribution in [0.25, 0.3) is 10.9 Å². The van der Waals surface area contributed by atoms with Crippen LogP contribution < -0.4 is 21.1 Å². The molecule has 3 heterocycles. The Labute approximate surface area is 160 Å². The number of nitrogens with zero attached hydrogens (tertiary/aromatic N) is 2. The molecule has 8 nitrogen and oxygen atoms in total. The van der Waals surface area contributed by atoms with Crippen LogP contribution >= 0.6 is 0 Å². The van der Waals surface area contributed by atoms with Gasteiger partial charge in [-0.2, -0.15) is 0 Å². The van der Waals surface area contributed by atoms with Gasteiger partial charge in [-0.1, -0.05) is 18.2 Å². The molecule has 0 spiro atoms. The van der Waals surface area contributed by atoms with Crippen molar-refractivity contribution >= 4 is 34.2 Å². The van der Waals surface area contributed by atoms with Crippen LogP contribution in [-0.2, 0) is 16.0 Å². The zero-order chi connectivity index (χ0) is 19.5. The van der Waals surface area contributed by atoms with Crippen LogP contribution in [0.2, 0.25) is 0 Å². The number of carbonyl (C=O) groups excluding carboxylic acids is 2. The second-order valence-corrected chi connectivity index (χ2v) is 6.61. The lowest BCUT2D eigenvalue weighted by Gasteiger charge is -2.27. The summed E-state index contributed by atoms with van der Waals surface area (Å²) in [6.45, 7) is 1.54. The summed E-state index contributed by atoms with van der Waals surface area (Å²) < 4.78 is 0. The average molecular weight is 377 g/mol. The Morgan fingerprint density at radius 3 is 2.82 bits per heavy atom. The van der Waals surface area contributed by atoms with Crippen LogP contribution in [0.5, 0.6) is 0 Å². The Morgan fingerprint density at radius 2 is 2.04 bits per heavy atom. The number of H-pyrrole nitrogens is 1. The molecule has 3 aromatic rings. The predicted octanol–water partition coefficient (Wildman–Crippen LogP) is 1.04. The average Bonchev–Trinajstić information content (AvgIpc) is 2.69. The second kappa shape index (κ2) is 7.51. The highest BCUT2D eigenvalue weighted by Crippen LogP contribution is 2.15. The highest BCUT2D eigenvalue weighted by molar-refractivity contribution is 5.93. The normalized spacial score (nSPS) is 14.0. The van der Waals surface area contributed by atoms with E-state index >= 15 is 0 Å². The van der Waals surface area contributed by atoms with E-state index in [-0.39, 0.29) is 30.3 Å². The minimum Gasteiger partial charge on any atom is -0.353 e. The number of pyridine rings is 2. The zero-order valence-electron chi connectivity index (χ0n) is 15.1. The van der Waals surface area contributed by atoms with E-state index in [1.165, 1.54) is 0 Å². The van der Waals surface area contributed by atoms with Crippen LogP contribution in [0.3, 0.4) is 0 Å². The Kier molecular flexibility index (Phi) is 4.76. The first kappa shape index (κ1) is 17.7. The lowest BCUT2D eigenvalue weighted by molar-refractivity contribution is -0.120. The number of piperazine rings is 1. The Hall–Kier alpha value is -3.68. The third-order valence-electron chi connectivity index (χ3n) is 4.58. The van der Waals surface area contributed by atoms with Gasteiger partial charge in [-0.05, 0) is 29.7 Å². The summed E-state index contributed by atoms with van der Waals surface area (Å²) in [5.41, 5.74) is 1.40. The van der Waals surface area contributed by atoms with Crippen molar-refractivity contribution in [2.45, 2.75) is 6.42 Å². The van der Waals surface area contributed by atoms with Crippen LogP contribution in [-0.4, -0.2) is 41.4 Å². The lowest BCUT2D eigenvalue weighted by Crippen LogP contribution is -2.48. The van der Waals surface area contributed by atoms with Gasteiger partial charge in [0.25, 0.3) is 5.56 Å². The topological polar surface area (TPSA) is 107 Å². The van der Waals surface area contributed by atoms with Gasteiger partial charge in [0.05, 0.1) is 24.8 Å². The van der Waals surface area contributed by atoms with Gasteiger partial charge in [-0.25, -0.2) is 4.98 Å². The van der Waals surface area contributed by atoms with Gasteiger partial charge >= 0.3 is 0 Å². The highest BCUT2D eigenvalue weighted by Gasteiger charge is 2.17. The van der Waals surface area contributed by atoms with Crippen molar-refractivity contribution in [3.63, 3.8) is 0 Å². The van der Waals surface area contributed by atoms with Crippen molar-refractivity contribution < 1.29 is 9.59 Å².